The van der Waals surface area contributed by atoms with Gasteiger partial charge in [0.1, 0.15) is 11.9 Å². The molecule has 0 radical (unpaired) electrons. The van der Waals surface area contributed by atoms with E-state index in [1.54, 1.807) is 0 Å². The Labute approximate surface area is 209 Å². The van der Waals surface area contributed by atoms with Crippen LogP contribution < -0.4 is 5.32 Å². The Morgan fingerprint density at radius 1 is 1.11 bits per heavy atom. The molecule has 0 aromatic heterocycles. The molecule has 1 unspecified atom stereocenters. The number of halogens is 1. The number of aliphatic carboxylic acids is 1. The molecule has 0 spiro atoms. The Bertz CT molecular complexity index is 898. The van der Waals surface area contributed by atoms with Gasteiger partial charge in [0.2, 0.25) is 0 Å². The van der Waals surface area contributed by atoms with Crippen LogP contribution in [0.15, 0.2) is 54.6 Å². The highest BCUT2D eigenvalue weighted by Crippen LogP contribution is 2.30. The molecular weight excluding hydrogens is 443 g/mol. The predicted molar refractivity (Wildman–Crippen MR) is 138 cm³/mol. The van der Waals surface area contributed by atoms with Crippen molar-refractivity contribution in [3.63, 3.8) is 0 Å². The summed E-state index contributed by atoms with van der Waals surface area (Å²) in [6.07, 6.45) is 5.46. The van der Waals surface area contributed by atoms with Gasteiger partial charge in [-0.25, -0.2) is 4.39 Å². The zero-order valence-electron chi connectivity index (χ0n) is 21.1. The van der Waals surface area contributed by atoms with Gasteiger partial charge < -0.3 is 15.5 Å². The topological polar surface area (TPSA) is 72.8 Å². The number of likely N-dealkylation sites (tertiary alicyclic amines) is 1. The monoisotopic (exact) mass is 484 g/mol. The molecule has 2 aromatic carbocycles. The molecule has 2 fully saturated rings. The summed E-state index contributed by atoms with van der Waals surface area (Å²) in [6.45, 7) is 7.53. The van der Waals surface area contributed by atoms with Gasteiger partial charge in [0.25, 0.3) is 0 Å². The number of rotatable bonds is 8. The smallest absolute Gasteiger partial charge is 0.321 e. The van der Waals surface area contributed by atoms with Crippen LogP contribution in [0.1, 0.15) is 63.0 Å². The van der Waals surface area contributed by atoms with Gasteiger partial charge >= 0.3 is 5.97 Å². The van der Waals surface area contributed by atoms with Crippen molar-refractivity contribution >= 4 is 5.97 Å². The predicted octanol–water partition coefficient (Wildman–Crippen LogP) is 4.85. The summed E-state index contributed by atoms with van der Waals surface area (Å²) in [5.74, 6) is -0.256. The zero-order valence-corrected chi connectivity index (χ0v) is 21.1. The second-order valence-corrected chi connectivity index (χ2v) is 10.4. The van der Waals surface area contributed by atoms with E-state index in [1.165, 1.54) is 17.7 Å². The van der Waals surface area contributed by atoms with Gasteiger partial charge in [0.15, 0.2) is 0 Å². The molecule has 0 aliphatic carbocycles. The number of nitrogens with one attached hydrogen (secondary N) is 1. The standard InChI is InChI=1S/C15H21NO2.C14H20FNO/c1-11(2)14(15(17)18)16-9-8-13(10-16)12-6-4-3-5-7-12;15-13-5-3-12(4-6-13)2-1-7-14(17)8-10-16-11-9-14/h3-7,11,13-14H,8-10H2,1-2H3,(H,17,18);3-6,16-17H,1-2,7-11H2/t13?,14-;/m1./s1. The van der Waals surface area contributed by atoms with Crippen LogP contribution in [0.3, 0.4) is 0 Å². The Morgan fingerprint density at radius 2 is 1.77 bits per heavy atom. The molecule has 2 saturated heterocycles. The van der Waals surface area contributed by atoms with Crippen LogP contribution >= 0.6 is 0 Å². The normalized spacial score (nSPS) is 20.8. The maximum atomic E-state index is 12.7. The molecule has 35 heavy (non-hydrogen) atoms. The van der Waals surface area contributed by atoms with Crippen LogP contribution in [0.4, 0.5) is 4.39 Å². The van der Waals surface area contributed by atoms with Crippen molar-refractivity contribution in [2.24, 2.45) is 5.92 Å². The SMILES string of the molecule is CC(C)[C@H](C(=O)O)N1CCC(c2ccccc2)C1.OC1(CCCc2ccc(F)cc2)CCNCC1. The lowest BCUT2D eigenvalue weighted by molar-refractivity contribution is -0.144. The Hall–Kier alpha value is -2.28. The first-order chi connectivity index (χ1) is 16.8. The molecule has 4 rings (SSSR count). The fourth-order valence-corrected chi connectivity index (χ4v) is 5.31. The largest absolute Gasteiger partial charge is 0.480 e. The quantitative estimate of drug-likeness (QED) is 0.500. The lowest BCUT2D eigenvalue weighted by atomic mass is 9.87. The average molecular weight is 485 g/mol. The third-order valence-corrected chi connectivity index (χ3v) is 7.32. The maximum Gasteiger partial charge on any atom is 0.321 e. The van der Waals surface area contributed by atoms with Crippen LogP contribution in [0.5, 0.6) is 0 Å². The Kier molecular flexibility index (Phi) is 10.3. The minimum Gasteiger partial charge on any atom is -0.480 e. The summed E-state index contributed by atoms with van der Waals surface area (Å²) in [5, 5.41) is 22.9. The molecule has 0 bridgehead atoms. The Balaban J connectivity index is 0.000000196. The van der Waals surface area contributed by atoms with Gasteiger partial charge in [-0.15, -0.1) is 0 Å². The van der Waals surface area contributed by atoms with Crippen LogP contribution in [-0.4, -0.2) is 58.9 Å². The second kappa shape index (κ2) is 13.1. The van der Waals surface area contributed by atoms with Crippen molar-refractivity contribution < 1.29 is 19.4 Å². The van der Waals surface area contributed by atoms with Gasteiger partial charge in [-0.2, -0.15) is 0 Å². The molecule has 2 aliphatic heterocycles. The molecule has 3 N–H and O–H groups in total. The lowest BCUT2D eigenvalue weighted by Gasteiger charge is -2.32. The fourth-order valence-electron chi connectivity index (χ4n) is 5.31. The summed E-state index contributed by atoms with van der Waals surface area (Å²) in [4.78, 5) is 13.4. The highest BCUT2D eigenvalue weighted by atomic mass is 19.1. The number of carboxylic acids is 1. The van der Waals surface area contributed by atoms with Crippen molar-refractivity contribution in [1.29, 1.82) is 0 Å². The van der Waals surface area contributed by atoms with Crippen LogP contribution in [0.25, 0.3) is 0 Å². The third kappa shape index (κ3) is 8.41. The van der Waals surface area contributed by atoms with Gasteiger partial charge in [-0.1, -0.05) is 56.3 Å². The van der Waals surface area contributed by atoms with Crippen molar-refractivity contribution in [1.82, 2.24) is 10.2 Å². The molecule has 192 valence electrons. The number of aliphatic hydroxyl groups is 1. The van der Waals surface area contributed by atoms with E-state index in [9.17, 15) is 19.4 Å². The summed E-state index contributed by atoms with van der Waals surface area (Å²) >= 11 is 0. The number of carboxylic acid groups (broad SMARTS) is 1. The molecule has 0 saturated carbocycles. The highest BCUT2D eigenvalue weighted by molar-refractivity contribution is 5.73. The lowest BCUT2D eigenvalue weighted by Crippen LogP contribution is -2.43. The van der Waals surface area contributed by atoms with E-state index in [0.29, 0.717) is 5.92 Å². The molecular formula is C29H41FN2O3. The van der Waals surface area contributed by atoms with E-state index >= 15 is 0 Å². The number of piperidine rings is 1. The van der Waals surface area contributed by atoms with Crippen LogP contribution in [0.2, 0.25) is 0 Å². The first-order valence-electron chi connectivity index (χ1n) is 13.0. The number of aryl methyl sites for hydroxylation is 1. The highest BCUT2D eigenvalue weighted by Gasteiger charge is 2.34. The maximum absolute atomic E-state index is 12.7. The molecule has 2 heterocycles. The zero-order chi connectivity index (χ0) is 25.3. The number of carbonyl (C=O) groups is 1. The summed E-state index contributed by atoms with van der Waals surface area (Å²) < 4.78 is 12.7. The van der Waals surface area contributed by atoms with E-state index in [0.717, 1.165) is 70.3 Å². The van der Waals surface area contributed by atoms with Gasteiger partial charge in [0.05, 0.1) is 5.60 Å². The van der Waals surface area contributed by atoms with E-state index in [-0.39, 0.29) is 17.8 Å². The van der Waals surface area contributed by atoms with Crippen LogP contribution in [-0.2, 0) is 11.2 Å². The average Bonchev–Trinajstić information content (AvgIpc) is 3.31. The molecule has 0 amide bonds. The number of nitrogens with zero attached hydrogens (tertiary/aromatic N) is 1. The van der Waals surface area contributed by atoms with Gasteiger partial charge in [-0.05, 0) is 93.3 Å². The van der Waals surface area contributed by atoms with E-state index < -0.39 is 11.6 Å². The fraction of sp³-hybridized carbons (Fsp3) is 0.552. The molecule has 2 atom stereocenters. The minimum atomic E-state index is -0.696. The second-order valence-electron chi connectivity index (χ2n) is 10.4. The van der Waals surface area contributed by atoms with E-state index in [1.807, 2.05) is 32.0 Å². The third-order valence-electron chi connectivity index (χ3n) is 7.32. The summed E-state index contributed by atoms with van der Waals surface area (Å²) in [5.41, 5.74) is 1.99. The van der Waals surface area contributed by atoms with Crippen molar-refractivity contribution in [2.45, 2.75) is 69.9 Å². The number of hydrogen-bond acceptors (Lipinski definition) is 4. The van der Waals surface area contributed by atoms with E-state index in [2.05, 4.69) is 34.5 Å². The summed E-state index contributed by atoms with van der Waals surface area (Å²) in [6, 6.07) is 16.7. The first kappa shape index (κ1) is 27.3. The minimum absolute atomic E-state index is 0.150. The van der Waals surface area contributed by atoms with Gasteiger partial charge in [0, 0.05) is 6.54 Å². The van der Waals surface area contributed by atoms with Gasteiger partial charge in [-0.3, -0.25) is 9.69 Å². The molecule has 2 aromatic rings. The summed E-state index contributed by atoms with van der Waals surface area (Å²) in [7, 11) is 0. The molecule has 2 aliphatic rings. The first-order valence-corrected chi connectivity index (χ1v) is 13.0. The van der Waals surface area contributed by atoms with Crippen molar-refractivity contribution in [3.8, 4) is 0 Å². The Morgan fingerprint density at radius 3 is 2.37 bits per heavy atom. The number of benzene rings is 2. The van der Waals surface area contributed by atoms with Crippen molar-refractivity contribution in [3.05, 3.63) is 71.5 Å². The van der Waals surface area contributed by atoms with E-state index in [4.69, 9.17) is 0 Å². The molecule has 6 heteroatoms. The number of hydrogen-bond donors (Lipinski definition) is 3. The van der Waals surface area contributed by atoms with Crippen molar-refractivity contribution in [2.75, 3.05) is 26.2 Å². The molecule has 5 nitrogen and oxygen atoms in total. The van der Waals surface area contributed by atoms with Crippen LogP contribution in [0, 0.1) is 11.7 Å².